The highest BCUT2D eigenvalue weighted by Crippen LogP contribution is 2.45. The van der Waals surface area contributed by atoms with Gasteiger partial charge in [-0.2, -0.15) is 0 Å². The van der Waals surface area contributed by atoms with Gasteiger partial charge in [0.15, 0.2) is 6.10 Å². The molecule has 18 heteroatoms. The van der Waals surface area contributed by atoms with E-state index in [9.17, 15) is 43.5 Å². The number of phosphoric ester groups is 2. The highest BCUT2D eigenvalue weighted by molar-refractivity contribution is 7.47. The van der Waals surface area contributed by atoms with Crippen LogP contribution in [0.25, 0.3) is 0 Å². The molecule has 0 aromatic carbocycles. The lowest BCUT2D eigenvalue weighted by atomic mass is 10.0. The zero-order valence-electron chi connectivity index (χ0n) is 73.0. The van der Waals surface area contributed by atoms with Gasteiger partial charge in [-0.25, -0.2) is 9.13 Å². The van der Waals surface area contributed by atoms with Crippen LogP contribution in [0.2, 0.25) is 0 Å². The highest BCUT2D eigenvalue weighted by atomic mass is 31.2. The van der Waals surface area contributed by atoms with Gasteiger partial charge in [-0.15, -0.1) is 0 Å². The molecule has 0 aliphatic rings. The number of allylic oxidation sites excluding steroid dienone is 34. The number of ether oxygens (including phenoxy) is 3. The average molecular weight is 1670 g/mol. The first kappa shape index (κ1) is 111. The molecule has 0 spiro atoms. The molecule has 5 atom stereocenters. The maximum absolute atomic E-state index is 13.1. The van der Waals surface area contributed by atoms with Crippen molar-refractivity contribution < 1.29 is 75.8 Å². The predicted molar refractivity (Wildman–Crippen MR) is 491 cm³/mol. The van der Waals surface area contributed by atoms with E-state index in [0.717, 1.165) is 218 Å². The summed E-state index contributed by atoms with van der Waals surface area (Å²) in [6.07, 6.45) is 120. The molecular formula is C99H162O16P2. The van der Waals surface area contributed by atoms with Gasteiger partial charge in [0.2, 0.25) is 0 Å². The van der Waals surface area contributed by atoms with Crippen molar-refractivity contribution in [3.63, 3.8) is 0 Å². The second kappa shape index (κ2) is 89.4. The fraction of sp³-hybridized carbons (Fsp3) is 0.626. The second-order valence-electron chi connectivity index (χ2n) is 29.6. The van der Waals surface area contributed by atoms with E-state index in [2.05, 4.69) is 227 Å². The van der Waals surface area contributed by atoms with Crippen LogP contribution in [0.3, 0.4) is 0 Å². The van der Waals surface area contributed by atoms with Crippen LogP contribution in [-0.2, 0) is 55.8 Å². The number of aliphatic hydroxyl groups excluding tert-OH is 2. The van der Waals surface area contributed by atoms with Crippen LogP contribution in [0.4, 0.5) is 0 Å². The Bertz CT molecular complexity index is 2960. The third-order valence-electron chi connectivity index (χ3n) is 18.5. The molecule has 0 heterocycles. The third-order valence-corrected chi connectivity index (χ3v) is 20.4. The first-order valence-corrected chi connectivity index (χ1v) is 48.4. The molecule has 5 unspecified atom stereocenters. The number of hydrogen-bond acceptors (Lipinski definition) is 14. The molecule has 0 saturated carbocycles. The van der Waals surface area contributed by atoms with Crippen molar-refractivity contribution in [2.45, 2.75) is 360 Å². The van der Waals surface area contributed by atoms with E-state index in [4.69, 9.17) is 32.3 Å². The standard InChI is InChI=1S/C99H162O16P2/c1-4-7-10-13-16-19-22-25-28-31-34-37-40-43-46-49-52-55-58-61-64-67-70-73-76-79-82-85-97(102)109-88-94(100)89-111-116(105,106)112-90-95(101)91-113-117(107,108)114-93-96(115-99(104)87-84-81-78-75-72-69-66-63-60-57-54-51-48-45-42-39-36-33-30-27-24-21-18-15-12-9-6-3)92-110-98(103)86-83-80-77-74-71-68-65-62-59-56-53-50-47-44-41-38-35-32-29-26-23-20-17-14-11-8-5-2/h7-12,16-21,25-30,34-39,43-48,52-53,55-56,94-96,100-101H,4-6,13-15,22-24,31-33,40-42,49-51,54,57-93H2,1-3H3,(H,105,106)(H,107,108)/b10-7-,11-8-,12-9-,19-16-,20-17-,21-18-,28-25-,29-26-,30-27-,37-34-,38-35-,39-36-,46-43-,47-44-,48-45-,55-52-,56-53-. The Labute approximate surface area is 711 Å². The normalized spacial score (nSPS) is 14.8. The van der Waals surface area contributed by atoms with E-state index in [1.807, 2.05) is 0 Å². The van der Waals surface area contributed by atoms with Gasteiger partial charge in [-0.1, -0.05) is 362 Å². The number of hydrogen-bond donors (Lipinski definition) is 4. The number of carbonyl (C=O) groups excluding carboxylic acids is 3. The molecule has 16 nitrogen and oxygen atoms in total. The van der Waals surface area contributed by atoms with Gasteiger partial charge in [0.25, 0.3) is 0 Å². The van der Waals surface area contributed by atoms with Gasteiger partial charge in [0, 0.05) is 19.3 Å². The van der Waals surface area contributed by atoms with E-state index in [1.165, 1.54) is 64.2 Å². The van der Waals surface area contributed by atoms with Crippen LogP contribution in [0.1, 0.15) is 342 Å². The van der Waals surface area contributed by atoms with Crippen LogP contribution in [-0.4, -0.2) is 95.9 Å². The Balaban J connectivity index is 4.73. The summed E-state index contributed by atoms with van der Waals surface area (Å²) in [4.78, 5) is 59.0. The average Bonchev–Trinajstić information content (AvgIpc) is 0.900. The van der Waals surface area contributed by atoms with Gasteiger partial charge in [0.1, 0.15) is 25.4 Å². The Morgan fingerprint density at radius 3 is 0.675 bits per heavy atom. The number of rotatable bonds is 84. The lowest BCUT2D eigenvalue weighted by Crippen LogP contribution is -2.30. The van der Waals surface area contributed by atoms with Gasteiger partial charge in [-0.05, 0) is 167 Å². The Morgan fingerprint density at radius 1 is 0.239 bits per heavy atom. The summed E-state index contributed by atoms with van der Waals surface area (Å²) in [7, 11) is -9.83. The summed E-state index contributed by atoms with van der Waals surface area (Å²) in [5.74, 6) is -1.60. The number of unbranched alkanes of at least 4 members (excludes halogenated alkanes) is 27. The molecule has 4 N–H and O–H groups in total. The summed E-state index contributed by atoms with van der Waals surface area (Å²) >= 11 is 0. The smallest absolute Gasteiger partial charge is 0.463 e. The van der Waals surface area contributed by atoms with Crippen molar-refractivity contribution in [3.8, 4) is 0 Å². The summed E-state index contributed by atoms with van der Waals surface area (Å²) in [6, 6.07) is 0. The Morgan fingerprint density at radius 2 is 0.427 bits per heavy atom. The molecule has 664 valence electrons. The number of phosphoric acid groups is 2. The summed E-state index contributed by atoms with van der Waals surface area (Å²) in [5, 5.41) is 20.7. The summed E-state index contributed by atoms with van der Waals surface area (Å²) < 4.78 is 61.5. The first-order valence-electron chi connectivity index (χ1n) is 45.4. The highest BCUT2D eigenvalue weighted by Gasteiger charge is 2.29. The molecule has 117 heavy (non-hydrogen) atoms. The molecule has 0 radical (unpaired) electrons. The van der Waals surface area contributed by atoms with E-state index in [-0.39, 0.29) is 19.3 Å². The van der Waals surface area contributed by atoms with Crippen molar-refractivity contribution in [3.05, 3.63) is 207 Å². The molecule has 0 bridgehead atoms. The topological polar surface area (TPSA) is 231 Å². The fourth-order valence-corrected chi connectivity index (χ4v) is 13.3. The van der Waals surface area contributed by atoms with E-state index in [1.54, 1.807) is 0 Å². The molecule has 0 saturated heterocycles. The first-order chi connectivity index (χ1) is 57.2. The van der Waals surface area contributed by atoms with E-state index >= 15 is 0 Å². The van der Waals surface area contributed by atoms with Crippen molar-refractivity contribution in [1.82, 2.24) is 0 Å². The molecule has 0 aromatic heterocycles. The molecule has 0 aliphatic heterocycles. The SMILES string of the molecule is CC/C=C\C/C=C\C/C=C\C/C=C\C/C=C\C/C=C\CCCCCCCCCCC(=O)OCC(O)COP(=O)(O)OCC(O)COP(=O)(O)OCC(COC(=O)CCCCCCCCCC/C=C\C/C=C\C/C=C\C/C=C\C/C=C\C/C=C\CC)OC(=O)CCCCCCCCCCCCC/C=C\C/C=C\C/C=C\C/C=C\C/C=C\CC. The van der Waals surface area contributed by atoms with E-state index in [0.29, 0.717) is 19.3 Å². The van der Waals surface area contributed by atoms with Crippen LogP contribution in [0.5, 0.6) is 0 Å². The fourth-order valence-electron chi connectivity index (χ4n) is 11.7. The lowest BCUT2D eigenvalue weighted by Gasteiger charge is -2.21. The number of aliphatic hydroxyl groups is 2. The zero-order chi connectivity index (χ0) is 85.1. The van der Waals surface area contributed by atoms with Gasteiger partial charge < -0.3 is 34.2 Å². The largest absolute Gasteiger partial charge is 0.472 e. The summed E-state index contributed by atoms with van der Waals surface area (Å²) in [5.41, 5.74) is 0. The quantitative estimate of drug-likeness (QED) is 0.0146. The molecular weight excluding hydrogens is 1510 g/mol. The lowest BCUT2D eigenvalue weighted by molar-refractivity contribution is -0.161. The van der Waals surface area contributed by atoms with Crippen LogP contribution in [0.15, 0.2) is 207 Å². The predicted octanol–water partition coefficient (Wildman–Crippen LogP) is 28.0. The Kier molecular flexibility index (Phi) is 84.9. The number of esters is 3. The molecule has 0 rings (SSSR count). The minimum atomic E-state index is -4.95. The monoisotopic (exact) mass is 1670 g/mol. The van der Waals surface area contributed by atoms with Gasteiger partial charge in [0.05, 0.1) is 26.4 Å². The minimum Gasteiger partial charge on any atom is -0.463 e. The van der Waals surface area contributed by atoms with Crippen LogP contribution >= 0.6 is 15.6 Å². The minimum absolute atomic E-state index is 0.0905. The molecule has 0 amide bonds. The second-order valence-corrected chi connectivity index (χ2v) is 32.5. The van der Waals surface area contributed by atoms with Crippen molar-refractivity contribution in [2.24, 2.45) is 0 Å². The molecule has 0 aliphatic carbocycles. The third kappa shape index (κ3) is 90.7. The Hall–Kier alpha value is -5.87. The van der Waals surface area contributed by atoms with Gasteiger partial charge in [-0.3, -0.25) is 32.5 Å². The van der Waals surface area contributed by atoms with Crippen molar-refractivity contribution >= 4 is 33.6 Å². The van der Waals surface area contributed by atoms with Gasteiger partial charge >= 0.3 is 33.6 Å². The molecule has 0 aromatic rings. The summed E-state index contributed by atoms with van der Waals surface area (Å²) in [6.45, 7) is 2.33. The van der Waals surface area contributed by atoms with E-state index < -0.39 is 91.5 Å². The van der Waals surface area contributed by atoms with Crippen LogP contribution in [0, 0.1) is 0 Å². The zero-order valence-corrected chi connectivity index (χ0v) is 74.8. The number of carbonyl (C=O) groups is 3. The van der Waals surface area contributed by atoms with Crippen molar-refractivity contribution in [2.75, 3.05) is 39.6 Å². The maximum atomic E-state index is 13.1. The van der Waals surface area contributed by atoms with Crippen molar-refractivity contribution in [1.29, 1.82) is 0 Å². The maximum Gasteiger partial charge on any atom is 0.472 e. The molecule has 0 fully saturated rings. The van der Waals surface area contributed by atoms with Crippen LogP contribution < -0.4 is 0 Å².